The molecule has 3 rings (SSSR count). The molecule has 1 heterocycles. The number of amides is 1. The maximum atomic E-state index is 12.1. The molecule has 10 heteroatoms. The number of carboxylic acid groups (broad SMARTS) is 1. The van der Waals surface area contributed by atoms with Crippen LogP contribution in [0.3, 0.4) is 0 Å². The molecule has 1 aliphatic heterocycles. The van der Waals surface area contributed by atoms with Crippen LogP contribution in [0.2, 0.25) is 5.02 Å². The van der Waals surface area contributed by atoms with Crippen LogP contribution in [0.25, 0.3) is 0 Å². The molecule has 6 nitrogen and oxygen atoms in total. The molecular weight excluding hydrogens is 447 g/mol. The lowest BCUT2D eigenvalue weighted by Crippen LogP contribution is -2.44. The van der Waals surface area contributed by atoms with E-state index >= 15 is 0 Å². The average Bonchev–Trinajstić information content (AvgIpc) is 2.78. The third-order valence-corrected chi connectivity index (χ3v) is 5.15. The second-order valence-electron chi connectivity index (χ2n) is 7.09. The molecule has 0 bridgehead atoms. The number of piperidine rings is 1. The van der Waals surface area contributed by atoms with E-state index in [0.717, 1.165) is 32.5 Å². The minimum absolute atomic E-state index is 0.119. The highest BCUT2D eigenvalue weighted by Gasteiger charge is 2.38. The van der Waals surface area contributed by atoms with Gasteiger partial charge < -0.3 is 20.6 Å². The number of carboxylic acids is 1. The van der Waals surface area contributed by atoms with Crippen molar-refractivity contribution in [1.29, 1.82) is 0 Å². The molecule has 0 saturated carbocycles. The third-order valence-electron chi connectivity index (χ3n) is 4.82. The minimum atomic E-state index is -5.08. The van der Waals surface area contributed by atoms with Crippen molar-refractivity contribution in [3.8, 4) is 0 Å². The van der Waals surface area contributed by atoms with Crippen LogP contribution in [0.1, 0.15) is 23.2 Å². The van der Waals surface area contributed by atoms with E-state index in [2.05, 4.69) is 45.9 Å². The van der Waals surface area contributed by atoms with Crippen LogP contribution in [0.5, 0.6) is 0 Å². The van der Waals surface area contributed by atoms with Crippen LogP contribution in [0.4, 0.5) is 18.9 Å². The second-order valence-corrected chi connectivity index (χ2v) is 7.50. The fraction of sp³-hybridized carbons (Fsp3) is 0.364. The number of nitrogens with zero attached hydrogens (tertiary/aromatic N) is 1. The van der Waals surface area contributed by atoms with Gasteiger partial charge in [-0.25, -0.2) is 4.79 Å². The first-order valence-corrected chi connectivity index (χ1v) is 10.4. The van der Waals surface area contributed by atoms with Gasteiger partial charge in [0.2, 0.25) is 0 Å². The van der Waals surface area contributed by atoms with Crippen LogP contribution in [0.15, 0.2) is 54.6 Å². The van der Waals surface area contributed by atoms with E-state index in [0.29, 0.717) is 23.2 Å². The topological polar surface area (TPSA) is 81.7 Å². The largest absolute Gasteiger partial charge is 0.490 e. The molecule has 0 aromatic heterocycles. The van der Waals surface area contributed by atoms with E-state index in [9.17, 15) is 18.0 Å². The highest BCUT2D eigenvalue weighted by molar-refractivity contribution is 6.33. The lowest BCUT2D eigenvalue weighted by molar-refractivity contribution is -0.192. The van der Waals surface area contributed by atoms with Gasteiger partial charge in [0.25, 0.3) is 5.91 Å². The van der Waals surface area contributed by atoms with E-state index in [1.807, 2.05) is 12.1 Å². The molecule has 1 aliphatic rings. The molecule has 0 atom stereocenters. The fourth-order valence-corrected chi connectivity index (χ4v) is 3.40. The van der Waals surface area contributed by atoms with Gasteiger partial charge in [-0.1, -0.05) is 41.9 Å². The predicted molar refractivity (Wildman–Crippen MR) is 117 cm³/mol. The molecule has 1 amide bonds. The number of anilines is 1. The van der Waals surface area contributed by atoms with Gasteiger partial charge in [0.05, 0.1) is 10.6 Å². The van der Waals surface area contributed by atoms with E-state index in [4.69, 9.17) is 21.5 Å². The average molecular weight is 472 g/mol. The van der Waals surface area contributed by atoms with E-state index in [-0.39, 0.29) is 5.91 Å². The Morgan fingerprint density at radius 3 is 2.12 bits per heavy atom. The first-order chi connectivity index (χ1) is 15.2. The summed E-state index contributed by atoms with van der Waals surface area (Å²) in [5, 5.41) is 14.1. The number of hydrogen-bond donors (Lipinski definition) is 3. The van der Waals surface area contributed by atoms with Crippen LogP contribution in [-0.4, -0.2) is 55.4 Å². The smallest absolute Gasteiger partial charge is 0.475 e. The molecule has 1 saturated heterocycles. The number of aliphatic carboxylic acids is 1. The Labute approximate surface area is 189 Å². The van der Waals surface area contributed by atoms with Crippen LogP contribution < -0.4 is 15.5 Å². The molecule has 3 N–H and O–H groups in total. The predicted octanol–water partition coefficient (Wildman–Crippen LogP) is 3.96. The number of benzene rings is 2. The van der Waals surface area contributed by atoms with Crippen molar-refractivity contribution in [3.05, 3.63) is 65.2 Å². The lowest BCUT2D eigenvalue weighted by Gasteiger charge is -2.34. The summed E-state index contributed by atoms with van der Waals surface area (Å²) in [5.74, 6) is -2.88. The fourth-order valence-electron chi connectivity index (χ4n) is 3.17. The molecule has 1 fully saturated rings. The second kappa shape index (κ2) is 12.3. The Morgan fingerprint density at radius 1 is 1.00 bits per heavy atom. The first kappa shape index (κ1) is 25.5. The van der Waals surface area contributed by atoms with Crippen LogP contribution in [0, 0.1) is 0 Å². The van der Waals surface area contributed by atoms with Crippen molar-refractivity contribution in [3.63, 3.8) is 0 Å². The number of carbonyl (C=O) groups excluding carboxylic acids is 1. The SMILES string of the molecule is O=C(NCCNC1CCN(c2ccccc2)CC1)c1ccccc1Cl.O=C(O)C(F)(F)F. The van der Waals surface area contributed by atoms with Crippen molar-refractivity contribution in [1.82, 2.24) is 10.6 Å². The quantitative estimate of drug-likeness (QED) is 0.556. The number of nitrogens with one attached hydrogen (secondary N) is 2. The molecule has 0 spiro atoms. The zero-order valence-electron chi connectivity index (χ0n) is 17.2. The molecule has 32 heavy (non-hydrogen) atoms. The van der Waals surface area contributed by atoms with Gasteiger partial charge in [-0.3, -0.25) is 4.79 Å². The van der Waals surface area contributed by atoms with Crippen molar-refractivity contribution in [2.45, 2.75) is 25.1 Å². The molecule has 0 aliphatic carbocycles. The summed E-state index contributed by atoms with van der Waals surface area (Å²) in [4.78, 5) is 23.4. The molecule has 174 valence electrons. The first-order valence-electron chi connectivity index (χ1n) is 10.0. The molecule has 2 aromatic rings. The number of alkyl halides is 3. The molecule has 0 radical (unpaired) electrons. The van der Waals surface area contributed by atoms with Gasteiger partial charge in [-0.2, -0.15) is 13.2 Å². The summed E-state index contributed by atoms with van der Waals surface area (Å²) < 4.78 is 31.7. The zero-order chi connectivity index (χ0) is 23.6. The van der Waals surface area contributed by atoms with Gasteiger partial charge >= 0.3 is 12.1 Å². The molecular formula is C22H25ClF3N3O3. The van der Waals surface area contributed by atoms with E-state index in [1.165, 1.54) is 5.69 Å². The van der Waals surface area contributed by atoms with Gasteiger partial charge in [-0.05, 0) is 37.1 Å². The van der Waals surface area contributed by atoms with Gasteiger partial charge in [0.1, 0.15) is 0 Å². The van der Waals surface area contributed by atoms with Crippen molar-refractivity contribution in [2.75, 3.05) is 31.1 Å². The van der Waals surface area contributed by atoms with Gasteiger partial charge in [-0.15, -0.1) is 0 Å². The Bertz CT molecular complexity index is 873. The summed E-state index contributed by atoms with van der Waals surface area (Å²) >= 11 is 6.04. The van der Waals surface area contributed by atoms with Crippen LogP contribution in [-0.2, 0) is 4.79 Å². The minimum Gasteiger partial charge on any atom is -0.475 e. The van der Waals surface area contributed by atoms with E-state index < -0.39 is 12.1 Å². The standard InChI is InChI=1S/C20H24ClN3O.C2HF3O2/c21-19-9-5-4-8-18(19)20(25)23-13-12-22-16-10-14-24(15-11-16)17-6-2-1-3-7-17;3-2(4,5)1(6)7/h1-9,16,22H,10-15H2,(H,23,25);(H,6,7). The summed E-state index contributed by atoms with van der Waals surface area (Å²) in [7, 11) is 0. The number of rotatable bonds is 6. The molecule has 0 unspecified atom stereocenters. The van der Waals surface area contributed by atoms with Gasteiger partial charge in [0, 0.05) is 37.9 Å². The summed E-state index contributed by atoms with van der Waals surface area (Å²) in [6.45, 7) is 3.50. The normalized spacial score (nSPS) is 14.3. The maximum Gasteiger partial charge on any atom is 0.490 e. The monoisotopic (exact) mass is 471 g/mol. The van der Waals surface area contributed by atoms with E-state index in [1.54, 1.807) is 12.1 Å². The van der Waals surface area contributed by atoms with Crippen LogP contribution >= 0.6 is 11.6 Å². The lowest BCUT2D eigenvalue weighted by atomic mass is 10.0. The third kappa shape index (κ3) is 8.39. The van der Waals surface area contributed by atoms with Crippen molar-refractivity contribution in [2.24, 2.45) is 0 Å². The Balaban J connectivity index is 0.000000451. The Hall–Kier alpha value is -2.78. The maximum absolute atomic E-state index is 12.1. The van der Waals surface area contributed by atoms with Crippen molar-refractivity contribution < 1.29 is 27.9 Å². The summed E-state index contributed by atoms with van der Waals surface area (Å²) in [6, 6.07) is 18.2. The zero-order valence-corrected chi connectivity index (χ0v) is 18.0. The number of halogens is 4. The summed E-state index contributed by atoms with van der Waals surface area (Å²) in [5.41, 5.74) is 1.83. The highest BCUT2D eigenvalue weighted by atomic mass is 35.5. The Morgan fingerprint density at radius 2 is 1.56 bits per heavy atom. The van der Waals surface area contributed by atoms with Gasteiger partial charge in [0.15, 0.2) is 0 Å². The number of carbonyl (C=O) groups is 2. The van der Waals surface area contributed by atoms with Crippen molar-refractivity contribution >= 4 is 29.2 Å². The highest BCUT2D eigenvalue weighted by Crippen LogP contribution is 2.19. The number of para-hydroxylation sites is 1. The number of hydrogen-bond acceptors (Lipinski definition) is 4. The Kier molecular flexibility index (Phi) is 9.80. The molecule has 2 aromatic carbocycles. The summed E-state index contributed by atoms with van der Waals surface area (Å²) in [6.07, 6.45) is -2.85.